The maximum atomic E-state index is 12.3. The first-order valence-electron chi connectivity index (χ1n) is 13.9. The molecule has 218 valence electrons. The van der Waals surface area contributed by atoms with Crippen LogP contribution in [0.5, 0.6) is 11.5 Å². The van der Waals surface area contributed by atoms with E-state index in [-0.39, 0.29) is 13.0 Å². The molecule has 1 heterocycles. The van der Waals surface area contributed by atoms with Gasteiger partial charge in [-0.2, -0.15) is 0 Å². The molecule has 3 aromatic carbocycles. The van der Waals surface area contributed by atoms with Gasteiger partial charge in [-0.1, -0.05) is 48.5 Å². The molecule has 4 rings (SSSR count). The number of aliphatic carboxylic acids is 1. The lowest BCUT2D eigenvalue weighted by Crippen LogP contribution is -2.31. The highest BCUT2D eigenvalue weighted by Crippen LogP contribution is 2.45. The number of carboxylic acids is 1. The fraction of sp³-hybridized carbons (Fsp3) is 0.406. The molecular weight excluding hydrogens is 522 g/mol. The van der Waals surface area contributed by atoms with Crippen LogP contribution in [0, 0.1) is 6.92 Å². The SMILES string of the molecule is CCC(CC(=O)O)(c1cc(CO)c(OC)c(OC)c1)c1ccc2c(nnn2CCCCOCc2ccccc2)c1C. The minimum absolute atomic E-state index is 0.146. The number of benzene rings is 3. The summed E-state index contributed by atoms with van der Waals surface area (Å²) in [6.07, 6.45) is 2.15. The van der Waals surface area contributed by atoms with Gasteiger partial charge in [-0.3, -0.25) is 4.79 Å². The largest absolute Gasteiger partial charge is 0.493 e. The third-order valence-electron chi connectivity index (χ3n) is 7.81. The van der Waals surface area contributed by atoms with E-state index in [2.05, 4.69) is 22.4 Å². The van der Waals surface area contributed by atoms with Crippen molar-refractivity contribution in [3.05, 3.63) is 82.4 Å². The summed E-state index contributed by atoms with van der Waals surface area (Å²) in [6.45, 7) is 5.63. The molecule has 1 unspecified atom stereocenters. The van der Waals surface area contributed by atoms with Gasteiger partial charge in [-0.15, -0.1) is 5.10 Å². The fourth-order valence-electron chi connectivity index (χ4n) is 5.65. The number of unbranched alkanes of at least 4 members (excludes halogenated alkanes) is 1. The van der Waals surface area contributed by atoms with Gasteiger partial charge in [-0.05, 0) is 66.6 Å². The molecule has 0 saturated carbocycles. The Morgan fingerprint density at radius 1 is 1.05 bits per heavy atom. The van der Waals surface area contributed by atoms with E-state index < -0.39 is 11.4 Å². The highest BCUT2D eigenvalue weighted by Gasteiger charge is 2.38. The number of rotatable bonds is 15. The van der Waals surface area contributed by atoms with Crippen LogP contribution in [0.15, 0.2) is 54.6 Å². The lowest BCUT2D eigenvalue weighted by molar-refractivity contribution is -0.138. The van der Waals surface area contributed by atoms with Crippen molar-refractivity contribution in [3.8, 4) is 11.5 Å². The zero-order valence-corrected chi connectivity index (χ0v) is 24.2. The third kappa shape index (κ3) is 6.36. The Kier molecular flexibility index (Phi) is 9.96. The van der Waals surface area contributed by atoms with E-state index >= 15 is 0 Å². The zero-order chi connectivity index (χ0) is 29.4. The van der Waals surface area contributed by atoms with Gasteiger partial charge >= 0.3 is 5.97 Å². The van der Waals surface area contributed by atoms with E-state index in [1.54, 1.807) is 0 Å². The number of hydrogen-bond acceptors (Lipinski definition) is 7. The number of methoxy groups -OCH3 is 2. The number of carbonyl (C=O) groups is 1. The van der Waals surface area contributed by atoms with Gasteiger partial charge in [0.2, 0.25) is 0 Å². The van der Waals surface area contributed by atoms with E-state index in [0.29, 0.717) is 43.2 Å². The van der Waals surface area contributed by atoms with Gasteiger partial charge in [0.1, 0.15) is 5.52 Å². The average Bonchev–Trinajstić information content (AvgIpc) is 3.41. The normalized spacial score (nSPS) is 12.8. The Bertz CT molecular complexity index is 1440. The van der Waals surface area contributed by atoms with Crippen LogP contribution in [0.25, 0.3) is 11.0 Å². The molecule has 9 heteroatoms. The van der Waals surface area contributed by atoms with Gasteiger partial charge in [0, 0.05) is 24.1 Å². The quantitative estimate of drug-likeness (QED) is 0.185. The fourth-order valence-corrected chi connectivity index (χ4v) is 5.65. The molecule has 0 aliphatic heterocycles. The van der Waals surface area contributed by atoms with Crippen LogP contribution in [0.4, 0.5) is 0 Å². The molecule has 2 N–H and O–H groups in total. The number of aryl methyl sites for hydroxylation is 2. The van der Waals surface area contributed by atoms with Crippen molar-refractivity contribution in [1.29, 1.82) is 0 Å². The van der Waals surface area contributed by atoms with Crippen LogP contribution in [0.1, 0.15) is 60.4 Å². The van der Waals surface area contributed by atoms with Crippen molar-refractivity contribution < 1.29 is 29.2 Å². The molecule has 0 aliphatic rings. The summed E-state index contributed by atoms with van der Waals surface area (Å²) >= 11 is 0. The highest BCUT2D eigenvalue weighted by atomic mass is 16.5. The van der Waals surface area contributed by atoms with Crippen LogP contribution in [-0.4, -0.2) is 52.0 Å². The number of ether oxygens (including phenoxy) is 3. The minimum Gasteiger partial charge on any atom is -0.493 e. The molecule has 0 bridgehead atoms. The third-order valence-corrected chi connectivity index (χ3v) is 7.81. The second-order valence-corrected chi connectivity index (χ2v) is 10.2. The van der Waals surface area contributed by atoms with Crippen molar-refractivity contribution in [1.82, 2.24) is 15.0 Å². The topological polar surface area (TPSA) is 116 Å². The van der Waals surface area contributed by atoms with Crippen LogP contribution in [0.3, 0.4) is 0 Å². The number of aliphatic hydroxyl groups is 1. The van der Waals surface area contributed by atoms with Crippen molar-refractivity contribution in [2.24, 2.45) is 0 Å². The Hall–Kier alpha value is -3.95. The molecule has 9 nitrogen and oxygen atoms in total. The predicted molar refractivity (Wildman–Crippen MR) is 156 cm³/mol. The predicted octanol–water partition coefficient (Wildman–Crippen LogP) is 5.42. The summed E-state index contributed by atoms with van der Waals surface area (Å²) in [4.78, 5) is 12.3. The van der Waals surface area contributed by atoms with Crippen LogP contribution in [0.2, 0.25) is 0 Å². The summed E-state index contributed by atoms with van der Waals surface area (Å²) in [5, 5.41) is 29.0. The Labute approximate surface area is 240 Å². The highest BCUT2D eigenvalue weighted by molar-refractivity contribution is 5.81. The van der Waals surface area contributed by atoms with Gasteiger partial charge in [-0.25, -0.2) is 4.68 Å². The number of hydrogen-bond donors (Lipinski definition) is 2. The first-order chi connectivity index (χ1) is 19.9. The molecule has 1 atom stereocenters. The molecule has 0 aliphatic carbocycles. The number of aromatic nitrogens is 3. The number of aliphatic hydroxyl groups excluding tert-OH is 1. The zero-order valence-electron chi connectivity index (χ0n) is 24.2. The monoisotopic (exact) mass is 561 g/mol. The molecule has 1 aromatic heterocycles. The standard InChI is InChI=1S/C32H39N3O6/c1-5-32(19-29(37)38,25-17-24(20-36)31(40-4)28(18-25)39-3)26-13-14-27-30(22(26)2)33-34-35(27)15-9-10-16-41-21-23-11-7-6-8-12-23/h6-8,11-14,17-18,36H,5,9-10,15-16,19-21H2,1-4H3,(H,37,38). The summed E-state index contributed by atoms with van der Waals surface area (Å²) in [5.41, 5.74) is 4.91. The van der Waals surface area contributed by atoms with Crippen molar-refractivity contribution in [3.63, 3.8) is 0 Å². The van der Waals surface area contributed by atoms with Crippen LogP contribution >= 0.6 is 0 Å². The average molecular weight is 562 g/mol. The maximum absolute atomic E-state index is 12.3. The van der Waals surface area contributed by atoms with Crippen molar-refractivity contribution >= 4 is 17.0 Å². The Balaban J connectivity index is 1.60. The van der Waals surface area contributed by atoms with E-state index in [4.69, 9.17) is 14.2 Å². The van der Waals surface area contributed by atoms with Crippen LogP contribution in [-0.2, 0) is 34.7 Å². The van der Waals surface area contributed by atoms with Gasteiger partial charge in [0.15, 0.2) is 11.5 Å². The van der Waals surface area contributed by atoms with Crippen LogP contribution < -0.4 is 9.47 Å². The minimum atomic E-state index is -0.926. The van der Waals surface area contributed by atoms with Crippen molar-refractivity contribution in [2.75, 3.05) is 20.8 Å². The molecular formula is C32H39N3O6. The molecule has 0 fully saturated rings. The Morgan fingerprint density at radius 2 is 1.83 bits per heavy atom. The second-order valence-electron chi connectivity index (χ2n) is 10.2. The summed E-state index contributed by atoms with van der Waals surface area (Å²) in [5.74, 6) is -0.0563. The number of fused-ring (bicyclic) bond motifs is 1. The molecule has 0 spiro atoms. The van der Waals surface area contributed by atoms with Gasteiger partial charge < -0.3 is 24.4 Å². The number of nitrogens with zero attached hydrogens (tertiary/aromatic N) is 3. The molecule has 0 radical (unpaired) electrons. The molecule has 0 amide bonds. The summed E-state index contributed by atoms with van der Waals surface area (Å²) < 4.78 is 18.7. The van der Waals surface area contributed by atoms with Crippen molar-refractivity contribution in [2.45, 2.75) is 64.7 Å². The molecule has 4 aromatic rings. The Morgan fingerprint density at radius 3 is 2.49 bits per heavy atom. The lowest BCUT2D eigenvalue weighted by atomic mass is 9.68. The first kappa shape index (κ1) is 30.0. The van der Waals surface area contributed by atoms with E-state index in [9.17, 15) is 15.0 Å². The second kappa shape index (κ2) is 13.6. The van der Waals surface area contributed by atoms with Gasteiger partial charge in [0.05, 0.1) is 39.4 Å². The lowest BCUT2D eigenvalue weighted by Gasteiger charge is -2.35. The molecule has 0 saturated heterocycles. The number of carboxylic acid groups (broad SMARTS) is 1. The molecule has 41 heavy (non-hydrogen) atoms. The smallest absolute Gasteiger partial charge is 0.304 e. The van der Waals surface area contributed by atoms with Gasteiger partial charge in [0.25, 0.3) is 0 Å². The van der Waals surface area contributed by atoms with E-state index in [1.165, 1.54) is 14.2 Å². The summed E-state index contributed by atoms with van der Waals surface area (Å²) in [7, 11) is 3.04. The van der Waals surface area contributed by atoms with E-state index in [0.717, 1.165) is 46.1 Å². The first-order valence-corrected chi connectivity index (χ1v) is 13.9. The van der Waals surface area contributed by atoms with E-state index in [1.807, 2.05) is 61.0 Å². The maximum Gasteiger partial charge on any atom is 0.304 e. The summed E-state index contributed by atoms with van der Waals surface area (Å²) in [6, 6.07) is 17.7.